The fraction of sp³-hybridized carbons (Fsp3) is 0.208. The maximum Gasteiger partial charge on any atom is 0.417 e. The highest BCUT2D eigenvalue weighted by Crippen LogP contribution is 2.41. The van der Waals surface area contributed by atoms with Crippen LogP contribution in [0.3, 0.4) is 0 Å². The van der Waals surface area contributed by atoms with Crippen molar-refractivity contribution >= 4 is 29.3 Å². The second-order valence-electron chi connectivity index (χ2n) is 7.98. The van der Waals surface area contributed by atoms with Crippen molar-refractivity contribution < 1.29 is 37.8 Å². The number of fused-ring (bicyclic) bond motifs is 1. The number of benzene rings is 2. The SMILES string of the molecule is O=C(O)c1ccc(-c2[nH]c3c(c2C(=O)c2c(Cl)cccc2C(F)(F)F)CC(C(=O)O)CC3)cc1. The number of H-pyrrole nitrogens is 1. The number of carbonyl (C=O) groups is 3. The Morgan fingerprint density at radius 1 is 1.00 bits per heavy atom. The van der Waals surface area contributed by atoms with Gasteiger partial charge in [0.1, 0.15) is 0 Å². The number of halogens is 4. The number of aryl methyl sites for hydroxylation is 1. The van der Waals surface area contributed by atoms with Gasteiger partial charge in [-0.2, -0.15) is 13.2 Å². The average Bonchev–Trinajstić information content (AvgIpc) is 3.16. The molecule has 0 amide bonds. The molecule has 0 saturated heterocycles. The van der Waals surface area contributed by atoms with E-state index in [1.165, 1.54) is 30.3 Å². The summed E-state index contributed by atoms with van der Waals surface area (Å²) in [4.78, 5) is 39.5. The van der Waals surface area contributed by atoms with Gasteiger partial charge in [-0.25, -0.2) is 4.79 Å². The summed E-state index contributed by atoms with van der Waals surface area (Å²) in [6, 6.07) is 8.53. The zero-order valence-electron chi connectivity index (χ0n) is 17.4. The quantitative estimate of drug-likeness (QED) is 0.410. The number of aromatic amines is 1. The molecule has 1 aromatic heterocycles. The largest absolute Gasteiger partial charge is 0.481 e. The van der Waals surface area contributed by atoms with Crippen LogP contribution in [0.5, 0.6) is 0 Å². The Kier molecular flexibility index (Phi) is 5.99. The van der Waals surface area contributed by atoms with Gasteiger partial charge < -0.3 is 15.2 Å². The summed E-state index contributed by atoms with van der Waals surface area (Å²) in [5, 5.41) is 18.3. The van der Waals surface area contributed by atoms with Gasteiger partial charge in [-0.3, -0.25) is 9.59 Å². The summed E-state index contributed by atoms with van der Waals surface area (Å²) in [5.74, 6) is -4.01. The Balaban J connectivity index is 1.95. The van der Waals surface area contributed by atoms with E-state index in [9.17, 15) is 32.7 Å². The van der Waals surface area contributed by atoms with Crippen molar-refractivity contribution in [3.8, 4) is 11.3 Å². The third-order valence-corrected chi connectivity index (χ3v) is 6.24. The number of carbonyl (C=O) groups excluding carboxylic acids is 1. The Hall–Kier alpha value is -3.59. The van der Waals surface area contributed by atoms with Gasteiger partial charge >= 0.3 is 18.1 Å². The van der Waals surface area contributed by atoms with Gasteiger partial charge in [-0.15, -0.1) is 0 Å². The van der Waals surface area contributed by atoms with Crippen molar-refractivity contribution in [1.82, 2.24) is 4.98 Å². The lowest BCUT2D eigenvalue weighted by molar-refractivity contribution is -0.142. The third-order valence-electron chi connectivity index (χ3n) is 5.93. The van der Waals surface area contributed by atoms with Crippen molar-refractivity contribution in [2.24, 2.45) is 5.92 Å². The van der Waals surface area contributed by atoms with E-state index in [0.717, 1.165) is 12.1 Å². The van der Waals surface area contributed by atoms with E-state index in [-0.39, 0.29) is 34.7 Å². The summed E-state index contributed by atoms with van der Waals surface area (Å²) in [7, 11) is 0. The van der Waals surface area contributed by atoms with Crippen LogP contribution in [0.4, 0.5) is 13.2 Å². The van der Waals surface area contributed by atoms with Gasteiger partial charge in [0, 0.05) is 5.69 Å². The number of hydrogen-bond acceptors (Lipinski definition) is 3. The molecule has 0 bridgehead atoms. The Labute approximate surface area is 196 Å². The minimum Gasteiger partial charge on any atom is -0.481 e. The molecule has 1 unspecified atom stereocenters. The van der Waals surface area contributed by atoms with E-state index in [1.807, 2.05) is 0 Å². The number of ketones is 1. The molecule has 1 heterocycles. The fourth-order valence-corrected chi connectivity index (χ4v) is 4.53. The van der Waals surface area contributed by atoms with E-state index < -0.39 is 40.9 Å². The molecule has 0 spiro atoms. The maximum absolute atomic E-state index is 13.7. The molecule has 6 nitrogen and oxygen atoms in total. The third kappa shape index (κ3) is 4.19. The molecule has 1 aliphatic rings. The molecule has 3 N–H and O–H groups in total. The van der Waals surface area contributed by atoms with Gasteiger partial charge in [-0.05, 0) is 54.7 Å². The lowest BCUT2D eigenvalue weighted by Crippen LogP contribution is -2.23. The molecule has 0 aliphatic heterocycles. The summed E-state index contributed by atoms with van der Waals surface area (Å²) >= 11 is 6.07. The second kappa shape index (κ2) is 8.64. The molecule has 0 fully saturated rings. The number of nitrogens with one attached hydrogen (secondary N) is 1. The van der Waals surface area contributed by atoms with Crippen molar-refractivity contribution in [1.29, 1.82) is 0 Å². The summed E-state index contributed by atoms with van der Waals surface area (Å²) < 4.78 is 41.2. The Bertz CT molecular complexity index is 1310. The van der Waals surface area contributed by atoms with Crippen LogP contribution in [-0.2, 0) is 23.8 Å². The molecule has 176 valence electrons. The number of aliphatic carboxylic acids is 1. The summed E-state index contributed by atoms with van der Waals surface area (Å²) in [5.41, 5.74) is -0.585. The van der Waals surface area contributed by atoms with Crippen LogP contribution in [0.25, 0.3) is 11.3 Å². The molecular formula is C24H17ClF3NO5. The van der Waals surface area contributed by atoms with Crippen molar-refractivity contribution in [2.75, 3.05) is 0 Å². The Morgan fingerprint density at radius 3 is 2.26 bits per heavy atom. The standard InChI is InChI=1S/C24H17ClF3NO5/c25-16-3-1-2-15(24(26,27)28)19(16)21(30)18-14-10-13(23(33)34)8-9-17(14)29-20(18)11-4-6-12(7-5-11)22(31)32/h1-7,13,29H,8-10H2,(H,31,32)(H,33,34). The highest BCUT2D eigenvalue weighted by atomic mass is 35.5. The minimum absolute atomic E-state index is 0.00986. The normalized spacial score (nSPS) is 15.6. The molecule has 2 aromatic carbocycles. The van der Waals surface area contributed by atoms with E-state index in [1.54, 1.807) is 0 Å². The molecule has 1 atom stereocenters. The first-order valence-electron chi connectivity index (χ1n) is 10.2. The number of rotatable bonds is 5. The van der Waals surface area contributed by atoms with Crippen molar-refractivity contribution in [2.45, 2.75) is 25.4 Å². The first-order valence-corrected chi connectivity index (χ1v) is 10.6. The second-order valence-corrected chi connectivity index (χ2v) is 8.39. The lowest BCUT2D eigenvalue weighted by Gasteiger charge is -2.20. The highest BCUT2D eigenvalue weighted by molar-refractivity contribution is 6.35. The lowest BCUT2D eigenvalue weighted by atomic mass is 9.83. The molecule has 4 rings (SSSR count). The molecule has 0 radical (unpaired) electrons. The van der Waals surface area contributed by atoms with Gasteiger partial charge in [0.05, 0.1) is 38.9 Å². The number of alkyl halides is 3. The maximum atomic E-state index is 13.7. The minimum atomic E-state index is -4.85. The molecule has 1 aliphatic carbocycles. The van der Waals surface area contributed by atoms with Gasteiger partial charge in [0.15, 0.2) is 5.78 Å². The van der Waals surface area contributed by atoms with Gasteiger partial charge in [-0.1, -0.05) is 29.8 Å². The number of hydrogen-bond donors (Lipinski definition) is 3. The molecule has 3 aromatic rings. The molecular weight excluding hydrogens is 475 g/mol. The number of carboxylic acid groups (broad SMARTS) is 2. The van der Waals surface area contributed by atoms with E-state index in [2.05, 4.69) is 4.98 Å². The highest BCUT2D eigenvalue weighted by Gasteiger charge is 2.39. The number of aromatic nitrogens is 1. The number of carboxylic acids is 2. The smallest absolute Gasteiger partial charge is 0.417 e. The Morgan fingerprint density at radius 2 is 1.68 bits per heavy atom. The first-order chi connectivity index (χ1) is 16.0. The monoisotopic (exact) mass is 491 g/mol. The van der Waals surface area contributed by atoms with E-state index >= 15 is 0 Å². The van der Waals surface area contributed by atoms with Crippen LogP contribution in [0.15, 0.2) is 42.5 Å². The summed E-state index contributed by atoms with van der Waals surface area (Å²) in [6.07, 6.45) is -4.30. The van der Waals surface area contributed by atoms with E-state index in [4.69, 9.17) is 16.7 Å². The van der Waals surface area contributed by atoms with Gasteiger partial charge in [0.25, 0.3) is 0 Å². The predicted molar refractivity (Wildman–Crippen MR) is 116 cm³/mol. The van der Waals surface area contributed by atoms with Crippen LogP contribution >= 0.6 is 11.6 Å². The number of aromatic carboxylic acids is 1. The molecule has 0 saturated carbocycles. The van der Waals surface area contributed by atoms with Crippen LogP contribution in [0, 0.1) is 5.92 Å². The van der Waals surface area contributed by atoms with Crippen LogP contribution < -0.4 is 0 Å². The molecule has 10 heteroatoms. The van der Waals surface area contributed by atoms with Crippen LogP contribution in [0.1, 0.15) is 49.5 Å². The van der Waals surface area contributed by atoms with Crippen molar-refractivity contribution in [3.63, 3.8) is 0 Å². The van der Waals surface area contributed by atoms with Crippen molar-refractivity contribution in [3.05, 3.63) is 81.0 Å². The zero-order valence-corrected chi connectivity index (χ0v) is 18.1. The van der Waals surface area contributed by atoms with Crippen LogP contribution in [-0.4, -0.2) is 32.9 Å². The topological polar surface area (TPSA) is 107 Å². The summed E-state index contributed by atoms with van der Waals surface area (Å²) in [6.45, 7) is 0. The predicted octanol–water partition coefficient (Wildman–Crippen LogP) is 5.47. The fourth-order valence-electron chi connectivity index (χ4n) is 4.27. The van der Waals surface area contributed by atoms with E-state index in [0.29, 0.717) is 23.2 Å². The average molecular weight is 492 g/mol. The first kappa shape index (κ1) is 23.6. The zero-order chi connectivity index (χ0) is 24.8. The molecule has 34 heavy (non-hydrogen) atoms. The van der Waals surface area contributed by atoms with Crippen LogP contribution in [0.2, 0.25) is 5.02 Å². The van der Waals surface area contributed by atoms with Gasteiger partial charge in [0.2, 0.25) is 0 Å².